The number of hydrogen-bond donors (Lipinski definition) is 1. The Balaban J connectivity index is 2.07. The highest BCUT2D eigenvalue weighted by Gasteiger charge is 2.37. The van der Waals surface area contributed by atoms with Gasteiger partial charge in [0.15, 0.2) is 0 Å². The van der Waals surface area contributed by atoms with Crippen molar-refractivity contribution in [2.45, 2.75) is 38.8 Å². The largest absolute Gasteiger partial charge is 0.417 e. The lowest BCUT2D eigenvalue weighted by atomic mass is 10.1. The Kier molecular flexibility index (Phi) is 6.32. The summed E-state index contributed by atoms with van der Waals surface area (Å²) in [5.74, 6) is -1.17. The maximum absolute atomic E-state index is 13.0. The Labute approximate surface area is 149 Å². The molecule has 1 heterocycles. The van der Waals surface area contributed by atoms with E-state index in [1.165, 1.54) is 11.0 Å². The van der Waals surface area contributed by atoms with Crippen LogP contribution in [0.2, 0.25) is 5.02 Å². The summed E-state index contributed by atoms with van der Waals surface area (Å²) in [5, 5.41) is 2.35. The van der Waals surface area contributed by atoms with Crippen molar-refractivity contribution in [3.63, 3.8) is 0 Å². The molecule has 0 spiro atoms. The zero-order chi connectivity index (χ0) is 18.6. The van der Waals surface area contributed by atoms with Crippen LogP contribution in [-0.4, -0.2) is 24.9 Å². The zero-order valence-electron chi connectivity index (χ0n) is 13.8. The summed E-state index contributed by atoms with van der Waals surface area (Å²) in [5.41, 5.74) is -0.894. The van der Waals surface area contributed by atoms with Crippen LogP contribution in [0.1, 0.15) is 38.2 Å². The molecule has 1 aliphatic heterocycles. The number of benzene rings is 1. The van der Waals surface area contributed by atoms with E-state index in [2.05, 4.69) is 12.2 Å². The molecule has 1 aliphatic rings. The molecular weight excluding hydrogens is 357 g/mol. The number of halogens is 4. The number of carbonyl (C=O) groups excluding carboxylic acids is 2. The lowest BCUT2D eigenvalue weighted by molar-refractivity contribution is -0.137. The van der Waals surface area contributed by atoms with Crippen molar-refractivity contribution in [3.05, 3.63) is 28.8 Å². The molecule has 25 heavy (non-hydrogen) atoms. The SMILES string of the molecule is CCCCCNC(=O)C1CC(=O)N(c2ccc(Cl)c(C(F)(F)F)c2)C1. The average Bonchev–Trinajstić information content (AvgIpc) is 2.93. The smallest absolute Gasteiger partial charge is 0.356 e. The number of rotatable bonds is 6. The van der Waals surface area contributed by atoms with Crippen LogP contribution < -0.4 is 10.2 Å². The molecule has 0 aromatic heterocycles. The van der Waals surface area contributed by atoms with Crippen molar-refractivity contribution in [2.75, 3.05) is 18.0 Å². The van der Waals surface area contributed by atoms with Crippen molar-refractivity contribution < 1.29 is 22.8 Å². The Morgan fingerprint density at radius 1 is 1.36 bits per heavy atom. The minimum Gasteiger partial charge on any atom is -0.356 e. The van der Waals surface area contributed by atoms with Gasteiger partial charge in [0.2, 0.25) is 11.8 Å². The van der Waals surface area contributed by atoms with Gasteiger partial charge >= 0.3 is 6.18 Å². The van der Waals surface area contributed by atoms with E-state index in [9.17, 15) is 22.8 Å². The summed E-state index contributed by atoms with van der Waals surface area (Å²) >= 11 is 5.60. The molecule has 0 radical (unpaired) electrons. The van der Waals surface area contributed by atoms with E-state index >= 15 is 0 Å². The summed E-state index contributed by atoms with van der Waals surface area (Å²) in [4.78, 5) is 25.5. The predicted molar refractivity (Wildman–Crippen MR) is 89.4 cm³/mol. The van der Waals surface area contributed by atoms with Gasteiger partial charge in [-0.3, -0.25) is 9.59 Å². The van der Waals surface area contributed by atoms with Gasteiger partial charge < -0.3 is 10.2 Å². The van der Waals surface area contributed by atoms with Crippen molar-refractivity contribution in [3.8, 4) is 0 Å². The van der Waals surface area contributed by atoms with Gasteiger partial charge in [0.25, 0.3) is 0 Å². The van der Waals surface area contributed by atoms with Crippen molar-refractivity contribution in [1.82, 2.24) is 5.32 Å². The van der Waals surface area contributed by atoms with Crippen LogP contribution in [0.4, 0.5) is 18.9 Å². The molecule has 0 bridgehead atoms. The van der Waals surface area contributed by atoms with E-state index in [0.717, 1.165) is 31.4 Å². The lowest BCUT2D eigenvalue weighted by Crippen LogP contribution is -2.33. The Hall–Kier alpha value is -1.76. The van der Waals surface area contributed by atoms with Crippen molar-refractivity contribution >= 4 is 29.1 Å². The van der Waals surface area contributed by atoms with Crippen LogP contribution >= 0.6 is 11.6 Å². The quantitative estimate of drug-likeness (QED) is 0.762. The summed E-state index contributed by atoms with van der Waals surface area (Å²) in [6.45, 7) is 2.66. The molecule has 2 amide bonds. The predicted octanol–water partition coefficient (Wildman–Crippen LogP) is 4.02. The zero-order valence-corrected chi connectivity index (χ0v) is 14.6. The van der Waals surface area contributed by atoms with Crippen LogP contribution in [0, 0.1) is 5.92 Å². The minimum absolute atomic E-state index is 0.0103. The van der Waals surface area contributed by atoms with E-state index in [0.29, 0.717) is 6.54 Å². The van der Waals surface area contributed by atoms with E-state index in [1.807, 2.05) is 0 Å². The van der Waals surface area contributed by atoms with Gasteiger partial charge in [-0.1, -0.05) is 31.4 Å². The number of hydrogen-bond acceptors (Lipinski definition) is 2. The fraction of sp³-hybridized carbons (Fsp3) is 0.529. The van der Waals surface area contributed by atoms with E-state index in [-0.39, 0.29) is 30.5 Å². The van der Waals surface area contributed by atoms with Crippen LogP contribution in [0.3, 0.4) is 0 Å². The van der Waals surface area contributed by atoms with Gasteiger partial charge in [-0.15, -0.1) is 0 Å². The first-order valence-electron chi connectivity index (χ1n) is 8.19. The van der Waals surface area contributed by atoms with Gasteiger partial charge in [0, 0.05) is 25.2 Å². The van der Waals surface area contributed by atoms with Crippen LogP contribution in [0.15, 0.2) is 18.2 Å². The number of amides is 2. The van der Waals surface area contributed by atoms with Gasteiger partial charge in [-0.05, 0) is 24.6 Å². The molecule has 1 aromatic rings. The number of nitrogens with one attached hydrogen (secondary N) is 1. The molecule has 0 aliphatic carbocycles. The maximum Gasteiger partial charge on any atom is 0.417 e. The standard InChI is InChI=1S/C17H20ClF3N2O2/c1-2-3-4-7-22-16(25)11-8-15(24)23(10-11)12-5-6-14(18)13(9-12)17(19,20)21/h5-6,9,11H,2-4,7-8,10H2,1H3,(H,22,25). The highest BCUT2D eigenvalue weighted by Crippen LogP contribution is 2.38. The van der Waals surface area contributed by atoms with Gasteiger partial charge in [-0.25, -0.2) is 0 Å². The molecule has 1 fully saturated rings. The highest BCUT2D eigenvalue weighted by atomic mass is 35.5. The second kappa shape index (κ2) is 8.08. The molecule has 0 saturated carbocycles. The third-order valence-electron chi connectivity index (χ3n) is 4.14. The minimum atomic E-state index is -4.61. The number of alkyl halides is 3. The van der Waals surface area contributed by atoms with Gasteiger partial charge in [0.1, 0.15) is 0 Å². The molecule has 1 saturated heterocycles. The molecule has 4 nitrogen and oxygen atoms in total. The first-order chi connectivity index (χ1) is 11.7. The molecule has 1 unspecified atom stereocenters. The van der Waals surface area contributed by atoms with E-state index in [4.69, 9.17) is 11.6 Å². The van der Waals surface area contributed by atoms with Crippen molar-refractivity contribution in [1.29, 1.82) is 0 Å². The number of anilines is 1. The Morgan fingerprint density at radius 2 is 2.08 bits per heavy atom. The van der Waals surface area contributed by atoms with Crippen LogP contribution in [0.25, 0.3) is 0 Å². The second-order valence-corrected chi connectivity index (χ2v) is 6.47. The first-order valence-corrected chi connectivity index (χ1v) is 8.56. The monoisotopic (exact) mass is 376 g/mol. The summed E-state index contributed by atoms with van der Waals surface area (Å²) < 4.78 is 38.9. The van der Waals surface area contributed by atoms with Gasteiger partial charge in [0.05, 0.1) is 16.5 Å². The molecule has 8 heteroatoms. The first kappa shape index (κ1) is 19.6. The lowest BCUT2D eigenvalue weighted by Gasteiger charge is -2.19. The van der Waals surface area contributed by atoms with Crippen LogP contribution in [0.5, 0.6) is 0 Å². The number of nitrogens with zero attached hydrogens (tertiary/aromatic N) is 1. The fourth-order valence-electron chi connectivity index (χ4n) is 2.76. The Bertz CT molecular complexity index is 649. The third kappa shape index (κ3) is 4.87. The molecule has 1 atom stereocenters. The molecule has 1 N–H and O–H groups in total. The molecule has 2 rings (SSSR count). The normalized spacial score (nSPS) is 17.9. The summed E-state index contributed by atoms with van der Waals surface area (Å²) in [6, 6.07) is 3.32. The third-order valence-corrected chi connectivity index (χ3v) is 4.47. The molecule has 1 aromatic carbocycles. The van der Waals surface area contributed by atoms with E-state index < -0.39 is 22.7 Å². The average molecular weight is 377 g/mol. The number of carbonyl (C=O) groups is 2. The van der Waals surface area contributed by atoms with E-state index in [1.54, 1.807) is 0 Å². The highest BCUT2D eigenvalue weighted by molar-refractivity contribution is 6.31. The molecular formula is C17H20ClF3N2O2. The topological polar surface area (TPSA) is 49.4 Å². The molecule has 138 valence electrons. The Morgan fingerprint density at radius 3 is 2.72 bits per heavy atom. The maximum atomic E-state index is 13.0. The second-order valence-electron chi connectivity index (χ2n) is 6.07. The number of unbranched alkanes of at least 4 members (excludes halogenated alkanes) is 2. The summed E-state index contributed by atoms with van der Waals surface area (Å²) in [6.07, 6.45) is -1.72. The van der Waals surface area contributed by atoms with Crippen molar-refractivity contribution in [2.24, 2.45) is 5.92 Å². The van der Waals surface area contributed by atoms with Crippen LogP contribution in [-0.2, 0) is 15.8 Å². The fourth-order valence-corrected chi connectivity index (χ4v) is 2.99. The van der Waals surface area contributed by atoms with Gasteiger partial charge in [-0.2, -0.15) is 13.2 Å². The summed E-state index contributed by atoms with van der Waals surface area (Å²) in [7, 11) is 0.